The van der Waals surface area contributed by atoms with Crippen LogP contribution in [0.2, 0.25) is 0 Å². The quantitative estimate of drug-likeness (QED) is 0.438. The van der Waals surface area contributed by atoms with Crippen molar-refractivity contribution in [2.45, 2.75) is 11.3 Å². The first kappa shape index (κ1) is 21.2. The normalized spacial score (nSPS) is 11.0. The number of anilines is 1. The van der Waals surface area contributed by atoms with Gasteiger partial charge in [-0.2, -0.15) is 0 Å². The molecule has 0 heterocycles. The van der Waals surface area contributed by atoms with Crippen LogP contribution in [0.5, 0.6) is 0 Å². The Labute approximate surface area is 173 Å². The molecule has 3 rings (SSSR count). The van der Waals surface area contributed by atoms with Gasteiger partial charge < -0.3 is 4.74 Å². The van der Waals surface area contributed by atoms with Gasteiger partial charge in [0.1, 0.15) is 5.82 Å². The summed E-state index contributed by atoms with van der Waals surface area (Å²) in [4.78, 5) is 23.8. The van der Waals surface area contributed by atoms with Crippen molar-refractivity contribution in [1.29, 1.82) is 0 Å². The largest absolute Gasteiger partial charge is 0.457 e. The van der Waals surface area contributed by atoms with Gasteiger partial charge in [-0.05, 0) is 42.0 Å². The summed E-state index contributed by atoms with van der Waals surface area (Å²) >= 11 is 0. The molecule has 0 aliphatic carbocycles. The van der Waals surface area contributed by atoms with Crippen molar-refractivity contribution in [3.05, 3.63) is 95.8 Å². The third kappa shape index (κ3) is 5.74. The molecule has 0 spiro atoms. The molecule has 8 heteroatoms. The van der Waals surface area contributed by atoms with Crippen LogP contribution in [0.15, 0.2) is 83.8 Å². The van der Waals surface area contributed by atoms with E-state index in [9.17, 15) is 22.4 Å². The molecular weight excluding hydrogens is 409 g/mol. The Morgan fingerprint density at radius 1 is 0.867 bits per heavy atom. The summed E-state index contributed by atoms with van der Waals surface area (Å²) in [6, 6.07) is 19.1. The van der Waals surface area contributed by atoms with Crippen LogP contribution in [0, 0.1) is 5.82 Å². The predicted octanol–water partition coefficient (Wildman–Crippen LogP) is 3.60. The Kier molecular flexibility index (Phi) is 6.58. The molecular formula is C22H18FNO5S. The Morgan fingerprint density at radius 2 is 1.50 bits per heavy atom. The third-order valence-corrected chi connectivity index (χ3v) is 5.54. The second kappa shape index (κ2) is 9.32. The standard InChI is InChI=1S/C22H18FNO5S/c23-18-8-12-20(13-9-18)30(27,28)24-19-10-6-16(7-11-19)14-22(26)29-15-21(25)17-4-2-1-3-5-17/h1-13,24H,14-15H2. The monoisotopic (exact) mass is 427 g/mol. The van der Waals surface area contributed by atoms with Crippen molar-refractivity contribution in [2.24, 2.45) is 0 Å². The minimum absolute atomic E-state index is 0.0624. The topological polar surface area (TPSA) is 89.5 Å². The van der Waals surface area contributed by atoms with Gasteiger partial charge in [0.25, 0.3) is 10.0 Å². The first-order valence-corrected chi connectivity index (χ1v) is 10.4. The number of carbonyl (C=O) groups excluding carboxylic acids is 2. The van der Waals surface area contributed by atoms with E-state index in [2.05, 4.69) is 4.72 Å². The van der Waals surface area contributed by atoms with E-state index >= 15 is 0 Å². The first-order chi connectivity index (χ1) is 14.3. The number of rotatable bonds is 8. The molecule has 0 unspecified atom stereocenters. The molecule has 0 saturated carbocycles. The highest BCUT2D eigenvalue weighted by Gasteiger charge is 2.15. The average molecular weight is 427 g/mol. The van der Waals surface area contributed by atoms with Gasteiger partial charge in [0, 0.05) is 11.3 Å². The van der Waals surface area contributed by atoms with Crippen molar-refractivity contribution in [3.63, 3.8) is 0 Å². The van der Waals surface area contributed by atoms with E-state index < -0.39 is 21.8 Å². The van der Waals surface area contributed by atoms with Gasteiger partial charge in [-0.25, -0.2) is 12.8 Å². The van der Waals surface area contributed by atoms with Crippen LogP contribution in [-0.2, 0) is 26.0 Å². The molecule has 1 N–H and O–H groups in total. The fraction of sp³-hybridized carbons (Fsp3) is 0.0909. The Morgan fingerprint density at radius 3 is 2.13 bits per heavy atom. The van der Waals surface area contributed by atoms with Crippen LogP contribution in [0.3, 0.4) is 0 Å². The van der Waals surface area contributed by atoms with E-state index in [4.69, 9.17) is 4.74 Å². The summed E-state index contributed by atoms with van der Waals surface area (Å²) in [5.74, 6) is -1.40. The number of ether oxygens (including phenoxy) is 1. The maximum atomic E-state index is 13.0. The van der Waals surface area contributed by atoms with E-state index in [-0.39, 0.29) is 29.4 Å². The molecule has 0 saturated heterocycles. The smallest absolute Gasteiger partial charge is 0.310 e. The van der Waals surface area contributed by atoms with Crippen LogP contribution < -0.4 is 4.72 Å². The van der Waals surface area contributed by atoms with Crippen molar-refractivity contribution < 1.29 is 27.1 Å². The minimum Gasteiger partial charge on any atom is -0.457 e. The summed E-state index contributed by atoms with van der Waals surface area (Å²) < 4.78 is 45.0. The van der Waals surface area contributed by atoms with E-state index in [0.29, 0.717) is 11.1 Å². The molecule has 0 aliphatic heterocycles. The number of carbonyl (C=O) groups is 2. The van der Waals surface area contributed by atoms with E-state index in [0.717, 1.165) is 12.1 Å². The lowest BCUT2D eigenvalue weighted by Crippen LogP contribution is -2.16. The molecule has 0 aliphatic rings. The van der Waals surface area contributed by atoms with Crippen molar-refractivity contribution in [2.75, 3.05) is 11.3 Å². The summed E-state index contributed by atoms with van der Waals surface area (Å²) in [6.45, 7) is -0.349. The second-order valence-electron chi connectivity index (χ2n) is 6.38. The van der Waals surface area contributed by atoms with Gasteiger partial charge in [-0.1, -0.05) is 42.5 Å². The lowest BCUT2D eigenvalue weighted by Gasteiger charge is -2.09. The van der Waals surface area contributed by atoms with Gasteiger partial charge >= 0.3 is 5.97 Å². The van der Waals surface area contributed by atoms with E-state index in [1.165, 1.54) is 24.3 Å². The Hall–Kier alpha value is -3.52. The number of benzene rings is 3. The molecule has 0 atom stereocenters. The number of Topliss-reactive ketones (excluding diaryl/α,β-unsaturated/α-hetero) is 1. The summed E-state index contributed by atoms with van der Waals surface area (Å²) in [5.41, 5.74) is 1.34. The highest BCUT2D eigenvalue weighted by Crippen LogP contribution is 2.17. The molecule has 0 amide bonds. The maximum Gasteiger partial charge on any atom is 0.310 e. The van der Waals surface area contributed by atoms with Gasteiger partial charge in [0.05, 0.1) is 11.3 Å². The first-order valence-electron chi connectivity index (χ1n) is 8.95. The SMILES string of the molecule is O=C(Cc1ccc(NS(=O)(=O)c2ccc(F)cc2)cc1)OCC(=O)c1ccccc1. The van der Waals surface area contributed by atoms with Crippen molar-refractivity contribution in [1.82, 2.24) is 0 Å². The van der Waals surface area contributed by atoms with Gasteiger partial charge in [-0.3, -0.25) is 14.3 Å². The molecule has 3 aromatic carbocycles. The summed E-state index contributed by atoms with van der Waals surface area (Å²) in [6.07, 6.45) is -0.0624. The van der Waals surface area contributed by atoms with E-state index in [1.807, 2.05) is 0 Å². The molecule has 0 fully saturated rings. The fourth-order valence-corrected chi connectivity index (χ4v) is 3.65. The molecule has 30 heavy (non-hydrogen) atoms. The molecule has 154 valence electrons. The number of nitrogens with one attached hydrogen (secondary N) is 1. The van der Waals surface area contributed by atoms with E-state index in [1.54, 1.807) is 42.5 Å². The predicted molar refractivity (Wildman–Crippen MR) is 109 cm³/mol. The molecule has 0 radical (unpaired) electrons. The Bertz CT molecular complexity index is 1130. The Balaban J connectivity index is 1.54. The van der Waals surface area contributed by atoms with Gasteiger partial charge in [-0.15, -0.1) is 0 Å². The van der Waals surface area contributed by atoms with Gasteiger partial charge in [0.15, 0.2) is 12.4 Å². The maximum absolute atomic E-state index is 13.0. The number of ketones is 1. The number of halogens is 1. The summed E-state index contributed by atoms with van der Waals surface area (Å²) in [5, 5.41) is 0. The zero-order valence-corrected chi connectivity index (χ0v) is 16.6. The van der Waals surface area contributed by atoms with Gasteiger partial charge in [0.2, 0.25) is 0 Å². The number of sulfonamides is 1. The highest BCUT2D eigenvalue weighted by atomic mass is 32.2. The number of esters is 1. The molecule has 0 bridgehead atoms. The third-order valence-electron chi connectivity index (χ3n) is 4.14. The lowest BCUT2D eigenvalue weighted by molar-refractivity contribution is -0.141. The fourth-order valence-electron chi connectivity index (χ4n) is 2.59. The van der Waals surface area contributed by atoms with Crippen molar-refractivity contribution >= 4 is 27.5 Å². The van der Waals surface area contributed by atoms with Crippen molar-refractivity contribution in [3.8, 4) is 0 Å². The highest BCUT2D eigenvalue weighted by molar-refractivity contribution is 7.92. The second-order valence-corrected chi connectivity index (χ2v) is 8.07. The van der Waals surface area contributed by atoms with Crippen LogP contribution in [-0.4, -0.2) is 26.8 Å². The molecule has 6 nitrogen and oxygen atoms in total. The average Bonchev–Trinajstić information content (AvgIpc) is 2.74. The zero-order valence-electron chi connectivity index (χ0n) is 15.7. The lowest BCUT2D eigenvalue weighted by atomic mass is 10.1. The summed E-state index contributed by atoms with van der Waals surface area (Å²) in [7, 11) is -3.86. The number of hydrogen-bond acceptors (Lipinski definition) is 5. The van der Waals surface area contributed by atoms with Crippen LogP contribution in [0.1, 0.15) is 15.9 Å². The molecule has 3 aromatic rings. The van der Waals surface area contributed by atoms with Crippen LogP contribution >= 0.6 is 0 Å². The van der Waals surface area contributed by atoms with Crippen LogP contribution in [0.25, 0.3) is 0 Å². The molecule has 0 aromatic heterocycles. The number of hydrogen-bond donors (Lipinski definition) is 1. The zero-order chi connectivity index (χ0) is 21.6. The minimum atomic E-state index is -3.86. The van der Waals surface area contributed by atoms with Crippen LogP contribution in [0.4, 0.5) is 10.1 Å².